The van der Waals surface area contributed by atoms with Crippen LogP contribution in [0.15, 0.2) is 42.5 Å². The number of benzene rings is 2. The maximum absolute atomic E-state index is 12.9. The number of halogens is 3. The van der Waals surface area contributed by atoms with E-state index in [0.717, 1.165) is 6.07 Å². The molecule has 0 spiro atoms. The van der Waals surface area contributed by atoms with E-state index in [1.165, 1.54) is 18.2 Å². The molecule has 1 aliphatic heterocycles. The molecule has 8 heteroatoms. The smallest absolute Gasteiger partial charge is 0.418 e. The third kappa shape index (κ3) is 3.53. The van der Waals surface area contributed by atoms with Crippen molar-refractivity contribution in [2.24, 2.45) is 0 Å². The lowest BCUT2D eigenvalue weighted by Gasteiger charge is -2.14. The molecule has 1 heterocycles. The molecule has 0 aliphatic carbocycles. The molecule has 0 radical (unpaired) electrons. The van der Waals surface area contributed by atoms with Crippen LogP contribution in [-0.2, 0) is 11.0 Å². The van der Waals surface area contributed by atoms with E-state index in [1.807, 2.05) is 0 Å². The summed E-state index contributed by atoms with van der Waals surface area (Å²) in [5.41, 5.74) is -0.498. The van der Waals surface area contributed by atoms with E-state index in [4.69, 9.17) is 9.47 Å². The first kappa shape index (κ1) is 16.0. The van der Waals surface area contributed by atoms with Gasteiger partial charge in [-0.2, -0.15) is 13.2 Å². The SMILES string of the molecule is O=C(CNc1ccccc1C(F)(F)F)Nc1ccc2c(c1)OCO2. The number of hydrogen-bond donors (Lipinski definition) is 2. The van der Waals surface area contributed by atoms with Crippen molar-refractivity contribution in [3.63, 3.8) is 0 Å². The zero-order valence-corrected chi connectivity index (χ0v) is 12.3. The zero-order valence-electron chi connectivity index (χ0n) is 12.3. The van der Waals surface area contributed by atoms with Crippen molar-refractivity contribution in [3.05, 3.63) is 48.0 Å². The molecule has 126 valence electrons. The molecule has 0 atom stereocenters. The van der Waals surface area contributed by atoms with Gasteiger partial charge in [-0.1, -0.05) is 12.1 Å². The van der Waals surface area contributed by atoms with Crippen LogP contribution in [0.4, 0.5) is 24.5 Å². The van der Waals surface area contributed by atoms with Gasteiger partial charge in [-0.05, 0) is 24.3 Å². The maximum atomic E-state index is 12.9. The molecule has 3 rings (SSSR count). The Morgan fingerprint density at radius 2 is 1.83 bits per heavy atom. The molecule has 0 saturated heterocycles. The molecule has 0 unspecified atom stereocenters. The molecule has 0 fully saturated rings. The minimum atomic E-state index is -4.49. The molecule has 0 bridgehead atoms. The van der Waals surface area contributed by atoms with Gasteiger partial charge in [0.05, 0.1) is 12.1 Å². The van der Waals surface area contributed by atoms with E-state index in [2.05, 4.69) is 10.6 Å². The van der Waals surface area contributed by atoms with Crippen molar-refractivity contribution in [2.75, 3.05) is 24.0 Å². The summed E-state index contributed by atoms with van der Waals surface area (Å²) in [6.45, 7) is -0.190. The summed E-state index contributed by atoms with van der Waals surface area (Å²) in [6, 6.07) is 9.84. The van der Waals surface area contributed by atoms with Gasteiger partial charge in [-0.25, -0.2) is 0 Å². The lowest BCUT2D eigenvalue weighted by atomic mass is 10.1. The van der Waals surface area contributed by atoms with Crippen molar-refractivity contribution < 1.29 is 27.4 Å². The third-order valence-electron chi connectivity index (χ3n) is 3.33. The monoisotopic (exact) mass is 338 g/mol. The largest absolute Gasteiger partial charge is 0.454 e. The second-order valence-corrected chi connectivity index (χ2v) is 5.01. The molecule has 2 aromatic rings. The Kier molecular flexibility index (Phi) is 4.20. The highest BCUT2D eigenvalue weighted by molar-refractivity contribution is 5.94. The Labute approximate surface area is 135 Å². The number of carbonyl (C=O) groups is 1. The fourth-order valence-corrected chi connectivity index (χ4v) is 2.24. The molecular weight excluding hydrogens is 325 g/mol. The molecule has 1 amide bonds. The number of alkyl halides is 3. The lowest BCUT2D eigenvalue weighted by Crippen LogP contribution is -2.23. The molecule has 5 nitrogen and oxygen atoms in total. The number of ether oxygens (including phenoxy) is 2. The minimum absolute atomic E-state index is 0.114. The van der Waals surface area contributed by atoms with Crippen molar-refractivity contribution in [3.8, 4) is 11.5 Å². The van der Waals surface area contributed by atoms with Gasteiger partial charge in [0.2, 0.25) is 12.7 Å². The summed E-state index contributed by atoms with van der Waals surface area (Å²) in [5.74, 6) is 0.597. The zero-order chi connectivity index (χ0) is 17.2. The Hall–Kier alpha value is -2.90. The van der Waals surface area contributed by atoms with Crippen LogP contribution in [0.3, 0.4) is 0 Å². The summed E-state index contributed by atoms with van der Waals surface area (Å²) < 4.78 is 49.0. The Balaban J connectivity index is 1.62. The van der Waals surface area contributed by atoms with Crippen LogP contribution >= 0.6 is 0 Å². The van der Waals surface area contributed by atoms with Gasteiger partial charge in [0.15, 0.2) is 11.5 Å². The second kappa shape index (κ2) is 6.31. The number of amides is 1. The van der Waals surface area contributed by atoms with E-state index in [0.29, 0.717) is 17.2 Å². The maximum Gasteiger partial charge on any atom is 0.418 e. The average Bonchev–Trinajstić information content (AvgIpc) is 3.00. The quantitative estimate of drug-likeness (QED) is 0.896. The van der Waals surface area contributed by atoms with Crippen LogP contribution in [0.1, 0.15) is 5.56 Å². The van der Waals surface area contributed by atoms with E-state index in [1.54, 1.807) is 18.2 Å². The summed E-state index contributed by atoms with van der Waals surface area (Å²) in [6.07, 6.45) is -4.49. The van der Waals surface area contributed by atoms with Crippen LogP contribution in [0.25, 0.3) is 0 Å². The normalized spacial score (nSPS) is 12.8. The number of anilines is 2. The fraction of sp³-hybridized carbons (Fsp3) is 0.188. The molecule has 2 aromatic carbocycles. The van der Waals surface area contributed by atoms with Crippen molar-refractivity contribution in [1.82, 2.24) is 0 Å². The standard InChI is InChI=1S/C16H13F3N2O3/c17-16(18,19)11-3-1-2-4-12(11)20-8-15(22)21-10-5-6-13-14(7-10)24-9-23-13/h1-7,20H,8-9H2,(H,21,22). The molecule has 2 N–H and O–H groups in total. The van der Waals surface area contributed by atoms with Crippen molar-refractivity contribution in [2.45, 2.75) is 6.18 Å². The predicted molar refractivity (Wildman–Crippen MR) is 81.1 cm³/mol. The summed E-state index contributed by atoms with van der Waals surface area (Å²) in [4.78, 5) is 11.9. The van der Waals surface area contributed by atoms with Crippen LogP contribution in [0, 0.1) is 0 Å². The van der Waals surface area contributed by atoms with Gasteiger partial charge in [0.25, 0.3) is 0 Å². The third-order valence-corrected chi connectivity index (χ3v) is 3.33. The van der Waals surface area contributed by atoms with Crippen LogP contribution in [0.5, 0.6) is 11.5 Å². The van der Waals surface area contributed by atoms with Gasteiger partial charge >= 0.3 is 6.18 Å². The highest BCUT2D eigenvalue weighted by atomic mass is 19.4. The number of fused-ring (bicyclic) bond motifs is 1. The number of hydrogen-bond acceptors (Lipinski definition) is 4. The van der Waals surface area contributed by atoms with Gasteiger partial charge in [0.1, 0.15) is 0 Å². The van der Waals surface area contributed by atoms with E-state index in [-0.39, 0.29) is 19.0 Å². The number of nitrogens with one attached hydrogen (secondary N) is 2. The van der Waals surface area contributed by atoms with Gasteiger partial charge in [-0.3, -0.25) is 4.79 Å². The first-order chi connectivity index (χ1) is 11.4. The molecular formula is C16H13F3N2O3. The fourth-order valence-electron chi connectivity index (χ4n) is 2.24. The molecule has 24 heavy (non-hydrogen) atoms. The Bertz CT molecular complexity index is 762. The lowest BCUT2D eigenvalue weighted by molar-refractivity contribution is -0.137. The van der Waals surface area contributed by atoms with Crippen molar-refractivity contribution in [1.29, 1.82) is 0 Å². The average molecular weight is 338 g/mol. The first-order valence-corrected chi connectivity index (χ1v) is 7.03. The number of carbonyl (C=O) groups excluding carboxylic acids is 1. The van der Waals surface area contributed by atoms with Crippen LogP contribution in [-0.4, -0.2) is 19.2 Å². The van der Waals surface area contributed by atoms with E-state index < -0.39 is 17.6 Å². The molecule has 0 aromatic heterocycles. The molecule has 1 aliphatic rings. The summed E-state index contributed by atoms with van der Waals surface area (Å²) in [7, 11) is 0. The van der Waals surface area contributed by atoms with Gasteiger partial charge < -0.3 is 20.1 Å². The van der Waals surface area contributed by atoms with Crippen LogP contribution in [0.2, 0.25) is 0 Å². The topological polar surface area (TPSA) is 59.6 Å². The number of rotatable bonds is 4. The van der Waals surface area contributed by atoms with E-state index in [9.17, 15) is 18.0 Å². The predicted octanol–water partition coefficient (Wildman–Crippen LogP) is 3.48. The van der Waals surface area contributed by atoms with Gasteiger partial charge in [-0.15, -0.1) is 0 Å². The Morgan fingerprint density at radius 3 is 2.62 bits per heavy atom. The Morgan fingerprint density at radius 1 is 1.08 bits per heavy atom. The van der Waals surface area contributed by atoms with Crippen molar-refractivity contribution >= 4 is 17.3 Å². The highest BCUT2D eigenvalue weighted by Crippen LogP contribution is 2.35. The highest BCUT2D eigenvalue weighted by Gasteiger charge is 2.33. The summed E-state index contributed by atoms with van der Waals surface area (Å²) in [5, 5.41) is 5.09. The van der Waals surface area contributed by atoms with Gasteiger partial charge in [0, 0.05) is 17.4 Å². The minimum Gasteiger partial charge on any atom is -0.454 e. The first-order valence-electron chi connectivity index (χ1n) is 7.03. The van der Waals surface area contributed by atoms with Crippen LogP contribution < -0.4 is 20.1 Å². The second-order valence-electron chi connectivity index (χ2n) is 5.01. The van der Waals surface area contributed by atoms with E-state index >= 15 is 0 Å². The molecule has 0 saturated carbocycles. The number of para-hydroxylation sites is 1. The summed E-state index contributed by atoms with van der Waals surface area (Å²) >= 11 is 0.